The molecule has 0 amide bonds. The van der Waals surface area contributed by atoms with Crippen LogP contribution in [0.25, 0.3) is 0 Å². The largest absolute Gasteiger partial charge is 0.465 e. The van der Waals surface area contributed by atoms with E-state index in [1.165, 1.54) is 11.8 Å². The van der Waals surface area contributed by atoms with Crippen molar-refractivity contribution in [1.29, 1.82) is 0 Å². The molecule has 1 rings (SSSR count). The summed E-state index contributed by atoms with van der Waals surface area (Å²) >= 11 is 1.51. The van der Waals surface area contributed by atoms with E-state index < -0.39 is 5.54 Å². The topological polar surface area (TPSA) is 89.0 Å². The average Bonchev–Trinajstić information content (AvgIpc) is 2.83. The lowest BCUT2D eigenvalue weighted by Gasteiger charge is -2.26. The first-order chi connectivity index (χ1) is 9.98. The molecule has 0 aliphatic heterocycles. The second-order valence-electron chi connectivity index (χ2n) is 4.81. The molecule has 0 spiro atoms. The number of aromatic amines is 1. The third-order valence-corrected chi connectivity index (χ3v) is 4.43. The highest BCUT2D eigenvalue weighted by Gasteiger charge is 2.32. The predicted octanol–water partition coefficient (Wildman–Crippen LogP) is 1.00. The Bertz CT molecular complexity index is 514. The van der Waals surface area contributed by atoms with Crippen molar-refractivity contribution < 1.29 is 9.53 Å². The Morgan fingerprint density at radius 1 is 1.52 bits per heavy atom. The first-order valence-electron chi connectivity index (χ1n) is 7.12. The second kappa shape index (κ2) is 8.23. The normalized spacial score (nSPS) is 13.9. The van der Waals surface area contributed by atoms with Crippen LogP contribution in [-0.4, -0.2) is 45.7 Å². The van der Waals surface area contributed by atoms with E-state index in [1.807, 2.05) is 13.8 Å². The molecule has 8 heteroatoms. The second-order valence-corrected chi connectivity index (χ2v) is 5.87. The fraction of sp³-hybridized carbons (Fsp3) is 0.769. The van der Waals surface area contributed by atoms with E-state index in [0.717, 1.165) is 12.2 Å². The Labute approximate surface area is 128 Å². The van der Waals surface area contributed by atoms with Gasteiger partial charge in [0.15, 0.2) is 5.16 Å². The van der Waals surface area contributed by atoms with E-state index in [9.17, 15) is 9.59 Å². The Kier molecular flexibility index (Phi) is 6.97. The standard InChI is InChI=1S/C13H24N4O3S/c1-5-17-11(19)15-16-12(17)21-9-7-8-13(3,14-4)10(18)20-6-2/h14H,5-9H2,1-4H3,(H,15,19). The Hall–Kier alpha value is -1.28. The van der Waals surface area contributed by atoms with Gasteiger partial charge in [0.25, 0.3) is 0 Å². The molecule has 1 aromatic rings. The van der Waals surface area contributed by atoms with Crippen LogP contribution in [0.1, 0.15) is 33.6 Å². The summed E-state index contributed by atoms with van der Waals surface area (Å²) in [6, 6.07) is 0. The summed E-state index contributed by atoms with van der Waals surface area (Å²) < 4.78 is 6.67. The Morgan fingerprint density at radius 2 is 2.24 bits per heavy atom. The van der Waals surface area contributed by atoms with Gasteiger partial charge in [-0.3, -0.25) is 9.36 Å². The molecule has 21 heavy (non-hydrogen) atoms. The van der Waals surface area contributed by atoms with E-state index in [-0.39, 0.29) is 11.7 Å². The minimum absolute atomic E-state index is 0.188. The van der Waals surface area contributed by atoms with Crippen LogP contribution in [0.5, 0.6) is 0 Å². The first-order valence-corrected chi connectivity index (χ1v) is 8.11. The number of carbonyl (C=O) groups excluding carboxylic acids is 1. The minimum atomic E-state index is -0.674. The summed E-state index contributed by atoms with van der Waals surface area (Å²) in [7, 11) is 1.76. The van der Waals surface area contributed by atoms with Gasteiger partial charge in [-0.25, -0.2) is 9.89 Å². The highest BCUT2D eigenvalue weighted by molar-refractivity contribution is 7.99. The number of ether oxygens (including phenoxy) is 1. The van der Waals surface area contributed by atoms with E-state index >= 15 is 0 Å². The zero-order valence-corrected chi connectivity index (χ0v) is 13.9. The number of hydrogen-bond donors (Lipinski definition) is 2. The molecule has 0 fully saturated rings. The molecule has 1 heterocycles. The lowest BCUT2D eigenvalue weighted by molar-refractivity contribution is -0.150. The molecule has 0 radical (unpaired) electrons. The highest BCUT2D eigenvalue weighted by atomic mass is 32.2. The summed E-state index contributed by atoms with van der Waals surface area (Å²) in [6.07, 6.45) is 1.47. The maximum absolute atomic E-state index is 11.9. The van der Waals surface area contributed by atoms with Crippen LogP contribution in [0.2, 0.25) is 0 Å². The van der Waals surface area contributed by atoms with Crippen molar-refractivity contribution in [3.05, 3.63) is 10.5 Å². The molecule has 0 saturated heterocycles. The molecule has 1 aromatic heterocycles. The molecular weight excluding hydrogens is 292 g/mol. The van der Waals surface area contributed by atoms with E-state index in [0.29, 0.717) is 24.7 Å². The van der Waals surface area contributed by atoms with Gasteiger partial charge in [-0.05, 0) is 40.7 Å². The number of thioether (sulfide) groups is 1. The fourth-order valence-corrected chi connectivity index (χ4v) is 2.85. The number of nitrogens with zero attached hydrogens (tertiary/aromatic N) is 2. The van der Waals surface area contributed by atoms with Crippen LogP contribution in [-0.2, 0) is 16.1 Å². The summed E-state index contributed by atoms with van der Waals surface area (Å²) in [6.45, 7) is 6.51. The minimum Gasteiger partial charge on any atom is -0.465 e. The summed E-state index contributed by atoms with van der Waals surface area (Å²) in [5, 5.41) is 10.1. The van der Waals surface area contributed by atoms with Crippen LogP contribution in [0, 0.1) is 0 Å². The number of esters is 1. The van der Waals surface area contributed by atoms with Crippen molar-refractivity contribution in [1.82, 2.24) is 20.1 Å². The van der Waals surface area contributed by atoms with Crippen LogP contribution < -0.4 is 11.0 Å². The Balaban J connectivity index is 2.48. The Morgan fingerprint density at radius 3 is 2.81 bits per heavy atom. The van der Waals surface area contributed by atoms with Gasteiger partial charge in [-0.2, -0.15) is 0 Å². The maximum atomic E-state index is 11.9. The molecule has 0 saturated carbocycles. The predicted molar refractivity (Wildman–Crippen MR) is 82.6 cm³/mol. The molecular formula is C13H24N4O3S. The monoisotopic (exact) mass is 316 g/mol. The van der Waals surface area contributed by atoms with Gasteiger partial charge in [-0.15, -0.1) is 5.10 Å². The smallest absolute Gasteiger partial charge is 0.343 e. The number of likely N-dealkylation sites (N-methyl/N-ethyl adjacent to an activating group) is 1. The van der Waals surface area contributed by atoms with E-state index in [4.69, 9.17) is 4.74 Å². The maximum Gasteiger partial charge on any atom is 0.343 e. The molecule has 7 nitrogen and oxygen atoms in total. The third-order valence-electron chi connectivity index (χ3n) is 3.37. The number of aromatic nitrogens is 3. The SMILES string of the molecule is CCOC(=O)C(C)(CCCSc1n[nH]c(=O)n1CC)NC. The van der Waals surface area contributed by atoms with Crippen molar-refractivity contribution in [2.24, 2.45) is 0 Å². The van der Waals surface area contributed by atoms with Crippen molar-refractivity contribution in [3.8, 4) is 0 Å². The molecule has 1 atom stereocenters. The van der Waals surface area contributed by atoms with Crippen LogP contribution in [0.3, 0.4) is 0 Å². The lowest BCUT2D eigenvalue weighted by atomic mass is 9.97. The molecule has 0 bridgehead atoms. The zero-order chi connectivity index (χ0) is 15.9. The van der Waals surface area contributed by atoms with Gasteiger partial charge < -0.3 is 10.1 Å². The van der Waals surface area contributed by atoms with Gasteiger partial charge in [0.05, 0.1) is 6.61 Å². The van der Waals surface area contributed by atoms with Gasteiger partial charge in [0, 0.05) is 12.3 Å². The number of H-pyrrole nitrogens is 1. The van der Waals surface area contributed by atoms with Crippen LogP contribution in [0.15, 0.2) is 9.95 Å². The van der Waals surface area contributed by atoms with E-state index in [2.05, 4.69) is 15.5 Å². The quantitative estimate of drug-likeness (QED) is 0.401. The van der Waals surface area contributed by atoms with Crippen molar-refractivity contribution in [3.63, 3.8) is 0 Å². The molecule has 0 aromatic carbocycles. The average molecular weight is 316 g/mol. The lowest BCUT2D eigenvalue weighted by Crippen LogP contribution is -2.48. The van der Waals surface area contributed by atoms with Crippen molar-refractivity contribution in [2.45, 2.75) is 50.9 Å². The number of hydrogen-bond acceptors (Lipinski definition) is 6. The van der Waals surface area contributed by atoms with Crippen LogP contribution in [0.4, 0.5) is 0 Å². The summed E-state index contributed by atoms with van der Waals surface area (Å²) in [4.78, 5) is 23.3. The highest BCUT2D eigenvalue weighted by Crippen LogP contribution is 2.20. The van der Waals surface area contributed by atoms with Crippen LogP contribution >= 0.6 is 11.8 Å². The molecule has 2 N–H and O–H groups in total. The van der Waals surface area contributed by atoms with Gasteiger partial charge in [0.2, 0.25) is 0 Å². The summed E-state index contributed by atoms with van der Waals surface area (Å²) in [5.74, 6) is 0.545. The summed E-state index contributed by atoms with van der Waals surface area (Å²) in [5.41, 5.74) is -0.862. The fourth-order valence-electron chi connectivity index (χ4n) is 1.90. The molecule has 0 aliphatic rings. The van der Waals surface area contributed by atoms with E-state index in [1.54, 1.807) is 18.5 Å². The third kappa shape index (κ3) is 4.60. The zero-order valence-electron chi connectivity index (χ0n) is 13.1. The van der Waals surface area contributed by atoms with Crippen molar-refractivity contribution in [2.75, 3.05) is 19.4 Å². The molecule has 0 aliphatic carbocycles. The van der Waals surface area contributed by atoms with Gasteiger partial charge in [0.1, 0.15) is 5.54 Å². The van der Waals surface area contributed by atoms with Gasteiger partial charge >= 0.3 is 11.7 Å². The number of nitrogens with one attached hydrogen (secondary N) is 2. The molecule has 120 valence electrons. The number of rotatable bonds is 9. The number of carbonyl (C=O) groups is 1. The van der Waals surface area contributed by atoms with Crippen molar-refractivity contribution >= 4 is 17.7 Å². The first kappa shape index (κ1) is 17.8. The van der Waals surface area contributed by atoms with Gasteiger partial charge in [-0.1, -0.05) is 11.8 Å². The molecule has 1 unspecified atom stereocenters.